The second-order valence-corrected chi connectivity index (χ2v) is 31.0. The maximum atomic E-state index is 13.1. The normalized spacial score (nSPS) is 14.3. The number of carbonyl (C=O) groups excluding carboxylic acids is 4. The number of rotatable bonds is 75. The Labute approximate surface area is 581 Å². The second kappa shape index (κ2) is 67.9. The highest BCUT2D eigenvalue weighted by atomic mass is 31.2. The molecule has 0 spiro atoms. The third-order valence-electron chi connectivity index (χ3n) is 18.1. The van der Waals surface area contributed by atoms with Crippen LogP contribution in [0.25, 0.3) is 0 Å². The fourth-order valence-electron chi connectivity index (χ4n) is 11.6. The molecule has 0 saturated heterocycles. The third-order valence-corrected chi connectivity index (χ3v) is 20.0. The number of hydrogen-bond acceptors (Lipinski definition) is 15. The monoisotopic (exact) mass is 1400 g/mol. The molecule has 0 amide bonds. The van der Waals surface area contributed by atoms with Crippen LogP contribution in [0, 0.1) is 11.8 Å². The van der Waals surface area contributed by atoms with Gasteiger partial charge in [0.25, 0.3) is 0 Å². The van der Waals surface area contributed by atoms with E-state index in [1.807, 2.05) is 0 Å². The van der Waals surface area contributed by atoms with Gasteiger partial charge >= 0.3 is 39.5 Å². The summed E-state index contributed by atoms with van der Waals surface area (Å²) in [7, 11) is -9.91. The molecular formula is C76H148O17P2. The molecule has 17 nitrogen and oxygen atoms in total. The van der Waals surface area contributed by atoms with E-state index in [2.05, 4.69) is 41.5 Å². The first-order valence-electron chi connectivity index (χ1n) is 39.5. The van der Waals surface area contributed by atoms with Crippen LogP contribution in [0.4, 0.5) is 0 Å². The highest BCUT2D eigenvalue weighted by Crippen LogP contribution is 2.45. The van der Waals surface area contributed by atoms with Crippen LogP contribution in [-0.4, -0.2) is 96.7 Å². The zero-order valence-corrected chi connectivity index (χ0v) is 63.8. The van der Waals surface area contributed by atoms with E-state index in [1.54, 1.807) is 0 Å². The summed E-state index contributed by atoms with van der Waals surface area (Å²) in [6, 6.07) is 0. The van der Waals surface area contributed by atoms with Crippen molar-refractivity contribution in [3.63, 3.8) is 0 Å². The van der Waals surface area contributed by atoms with Crippen molar-refractivity contribution in [2.75, 3.05) is 39.6 Å². The molecule has 0 radical (unpaired) electrons. The van der Waals surface area contributed by atoms with Crippen LogP contribution in [0.1, 0.15) is 395 Å². The van der Waals surface area contributed by atoms with Crippen molar-refractivity contribution in [2.45, 2.75) is 413 Å². The van der Waals surface area contributed by atoms with Crippen molar-refractivity contribution in [1.29, 1.82) is 0 Å². The molecule has 3 N–H and O–H groups in total. The molecule has 0 saturated carbocycles. The van der Waals surface area contributed by atoms with Crippen molar-refractivity contribution < 1.29 is 80.2 Å². The van der Waals surface area contributed by atoms with Gasteiger partial charge in [-0.05, 0) is 37.5 Å². The lowest BCUT2D eigenvalue weighted by molar-refractivity contribution is -0.161. The third kappa shape index (κ3) is 69.0. The van der Waals surface area contributed by atoms with E-state index in [4.69, 9.17) is 37.0 Å². The first-order valence-corrected chi connectivity index (χ1v) is 42.5. The minimum atomic E-state index is -4.96. The molecule has 564 valence electrons. The van der Waals surface area contributed by atoms with Crippen molar-refractivity contribution in [1.82, 2.24) is 0 Å². The number of aliphatic hydroxyl groups is 1. The summed E-state index contributed by atoms with van der Waals surface area (Å²) in [4.78, 5) is 72.8. The quantitative estimate of drug-likeness (QED) is 0.0222. The molecule has 0 aromatic heterocycles. The average Bonchev–Trinajstić information content (AvgIpc) is 1.34. The molecule has 0 aliphatic rings. The number of hydrogen-bond donors (Lipinski definition) is 3. The molecule has 0 heterocycles. The highest BCUT2D eigenvalue weighted by molar-refractivity contribution is 7.47. The molecule has 0 aromatic carbocycles. The summed E-state index contributed by atoms with van der Waals surface area (Å²) in [5.41, 5.74) is 0. The summed E-state index contributed by atoms with van der Waals surface area (Å²) in [5, 5.41) is 10.6. The van der Waals surface area contributed by atoms with Gasteiger partial charge in [0, 0.05) is 25.7 Å². The maximum absolute atomic E-state index is 13.1. The number of ether oxygens (including phenoxy) is 4. The Hall–Kier alpha value is -1.94. The Morgan fingerprint density at radius 2 is 0.537 bits per heavy atom. The second-order valence-electron chi connectivity index (χ2n) is 28.1. The van der Waals surface area contributed by atoms with Crippen LogP contribution in [-0.2, 0) is 65.4 Å². The number of aliphatic hydroxyl groups excluding tert-OH is 1. The van der Waals surface area contributed by atoms with E-state index in [-0.39, 0.29) is 25.7 Å². The fraction of sp³-hybridized carbons (Fsp3) is 0.947. The number of phosphoric acid groups is 2. The van der Waals surface area contributed by atoms with E-state index in [1.165, 1.54) is 212 Å². The van der Waals surface area contributed by atoms with Gasteiger partial charge in [0.05, 0.1) is 26.4 Å². The molecule has 0 fully saturated rings. The van der Waals surface area contributed by atoms with Crippen LogP contribution >= 0.6 is 15.6 Å². The van der Waals surface area contributed by atoms with Crippen LogP contribution in [0.15, 0.2) is 0 Å². The van der Waals surface area contributed by atoms with Gasteiger partial charge in [-0.25, -0.2) is 9.13 Å². The molecule has 95 heavy (non-hydrogen) atoms. The lowest BCUT2D eigenvalue weighted by atomic mass is 9.99. The highest BCUT2D eigenvalue weighted by Gasteiger charge is 2.30. The number of carbonyl (C=O) groups is 4. The van der Waals surface area contributed by atoms with Gasteiger partial charge in [0.15, 0.2) is 12.2 Å². The fourth-order valence-corrected chi connectivity index (χ4v) is 13.2. The van der Waals surface area contributed by atoms with E-state index < -0.39 is 97.5 Å². The van der Waals surface area contributed by atoms with Crippen LogP contribution in [0.5, 0.6) is 0 Å². The van der Waals surface area contributed by atoms with E-state index >= 15 is 0 Å². The van der Waals surface area contributed by atoms with Crippen LogP contribution in [0.2, 0.25) is 0 Å². The van der Waals surface area contributed by atoms with Gasteiger partial charge in [-0.2, -0.15) is 0 Å². The summed E-state index contributed by atoms with van der Waals surface area (Å²) in [5.74, 6) is -0.559. The first kappa shape index (κ1) is 93.1. The summed E-state index contributed by atoms with van der Waals surface area (Å²) >= 11 is 0. The van der Waals surface area contributed by atoms with Crippen molar-refractivity contribution in [3.8, 4) is 0 Å². The summed E-state index contributed by atoms with van der Waals surface area (Å²) in [6.07, 6.45) is 55.3. The zero-order valence-electron chi connectivity index (χ0n) is 62.0. The maximum Gasteiger partial charge on any atom is 0.472 e. The Morgan fingerprint density at radius 3 is 0.800 bits per heavy atom. The van der Waals surface area contributed by atoms with Crippen molar-refractivity contribution in [3.05, 3.63) is 0 Å². The largest absolute Gasteiger partial charge is 0.472 e. The van der Waals surface area contributed by atoms with E-state index in [0.717, 1.165) is 102 Å². The van der Waals surface area contributed by atoms with Gasteiger partial charge in [-0.1, -0.05) is 343 Å². The lowest BCUT2D eigenvalue weighted by Crippen LogP contribution is -2.30. The smallest absolute Gasteiger partial charge is 0.462 e. The number of phosphoric ester groups is 2. The standard InChI is InChI=1S/C76H148O17P2/c1-7-10-12-14-16-18-20-21-22-23-26-30-34-41-47-53-59-74(79)87-64-71(92-75(80)60-54-48-42-35-31-27-24-25-29-32-38-44-50-56-68(4)5)66-90-94(82,83)88-62-70(77)63-89-95(84,85)91-67-72(65-86-73(78)58-52-46-40-33-28-19-17-15-13-11-8-2)93-76(81)61-55-49-43-37-36-39-45-51-57-69(6)9-3/h68-72,77H,7-67H2,1-6H3,(H,82,83)(H,84,85)/t69?,70-,71-,72-/m1/s1. The SMILES string of the molecule is CCCCCCCCCCCCCCCCCCC(=O)OC[C@H](COP(=O)(O)OC[C@@H](O)COP(=O)(O)OC[C@@H](COC(=O)CCCCCCCCCCCCC)OC(=O)CCCCCCCCCCC(C)CC)OC(=O)CCCCCCCCCCCCCCCC(C)C. The summed E-state index contributed by atoms with van der Waals surface area (Å²) < 4.78 is 68.5. The van der Waals surface area contributed by atoms with Gasteiger partial charge in [0.2, 0.25) is 0 Å². The molecule has 0 aliphatic carbocycles. The molecule has 0 aliphatic heterocycles. The van der Waals surface area contributed by atoms with Crippen molar-refractivity contribution in [2.24, 2.45) is 11.8 Å². The summed E-state index contributed by atoms with van der Waals surface area (Å²) in [6.45, 7) is 9.61. The molecule has 0 bridgehead atoms. The topological polar surface area (TPSA) is 237 Å². The number of esters is 4. The predicted molar refractivity (Wildman–Crippen MR) is 386 cm³/mol. The number of unbranched alkanes of at least 4 members (excludes halogenated alkanes) is 44. The van der Waals surface area contributed by atoms with Gasteiger partial charge in [0.1, 0.15) is 19.3 Å². The molecule has 0 aromatic rings. The first-order chi connectivity index (χ1) is 45.9. The molecule has 0 rings (SSSR count). The Bertz CT molecular complexity index is 1840. The minimum Gasteiger partial charge on any atom is -0.462 e. The van der Waals surface area contributed by atoms with E-state index in [9.17, 15) is 43.2 Å². The van der Waals surface area contributed by atoms with E-state index in [0.29, 0.717) is 25.7 Å². The molecule has 6 atom stereocenters. The van der Waals surface area contributed by atoms with Gasteiger partial charge in [-0.15, -0.1) is 0 Å². The lowest BCUT2D eigenvalue weighted by Gasteiger charge is -2.21. The zero-order chi connectivity index (χ0) is 70.0. The Morgan fingerprint density at radius 1 is 0.305 bits per heavy atom. The van der Waals surface area contributed by atoms with Crippen molar-refractivity contribution >= 4 is 39.5 Å². The van der Waals surface area contributed by atoms with Crippen LogP contribution in [0.3, 0.4) is 0 Å². The molecule has 3 unspecified atom stereocenters. The van der Waals surface area contributed by atoms with Gasteiger partial charge in [-0.3, -0.25) is 37.3 Å². The van der Waals surface area contributed by atoms with Gasteiger partial charge < -0.3 is 33.8 Å². The molecule has 19 heteroatoms. The Balaban J connectivity index is 5.25. The Kier molecular flexibility index (Phi) is 66.5. The molecular weight excluding hydrogens is 1250 g/mol. The predicted octanol–water partition coefficient (Wildman–Crippen LogP) is 22.3. The van der Waals surface area contributed by atoms with Crippen LogP contribution < -0.4 is 0 Å². The minimum absolute atomic E-state index is 0.105. The average molecular weight is 1400 g/mol.